The molecule has 1 atom stereocenters. The minimum Gasteiger partial charge on any atom is -0.339 e. The standard InChI is InChI=1S/C22H27FN4O3S/c1-15(2)20(25-21(29)18-4-3-13-31-18)22(30)27-11-9-26(10-12-27)14-19(28)24-17-7-5-16(23)6-8-17/h3-8,13,15,20H,9-12,14H2,1-2H3,(H,24,28)(H,25,29). The number of rotatable bonds is 7. The summed E-state index contributed by atoms with van der Waals surface area (Å²) in [4.78, 5) is 42.0. The molecule has 0 saturated carbocycles. The molecule has 0 spiro atoms. The van der Waals surface area contributed by atoms with Crippen molar-refractivity contribution in [1.82, 2.24) is 15.1 Å². The number of hydrogen-bond donors (Lipinski definition) is 2. The topological polar surface area (TPSA) is 81.8 Å². The molecule has 0 radical (unpaired) electrons. The number of nitrogens with zero attached hydrogens (tertiary/aromatic N) is 2. The molecular formula is C22H27FN4O3S. The zero-order valence-corrected chi connectivity index (χ0v) is 18.5. The van der Waals surface area contributed by atoms with Gasteiger partial charge in [-0.2, -0.15) is 0 Å². The Labute approximate surface area is 185 Å². The van der Waals surface area contributed by atoms with Crippen LogP contribution in [0.3, 0.4) is 0 Å². The van der Waals surface area contributed by atoms with E-state index in [9.17, 15) is 18.8 Å². The monoisotopic (exact) mass is 446 g/mol. The number of anilines is 1. The maximum absolute atomic E-state index is 13.0. The first-order valence-electron chi connectivity index (χ1n) is 10.2. The van der Waals surface area contributed by atoms with Crippen LogP contribution in [0.1, 0.15) is 23.5 Å². The minimum absolute atomic E-state index is 0.0454. The second-order valence-electron chi connectivity index (χ2n) is 7.83. The number of hydrogen-bond acceptors (Lipinski definition) is 5. The third kappa shape index (κ3) is 6.35. The lowest BCUT2D eigenvalue weighted by molar-refractivity contribution is -0.136. The average molecular weight is 447 g/mol. The van der Waals surface area contributed by atoms with Crippen molar-refractivity contribution in [2.75, 3.05) is 38.0 Å². The van der Waals surface area contributed by atoms with Crippen LogP contribution in [-0.2, 0) is 9.59 Å². The fraction of sp³-hybridized carbons (Fsp3) is 0.409. The molecule has 2 heterocycles. The summed E-state index contributed by atoms with van der Waals surface area (Å²) >= 11 is 1.34. The molecule has 2 aromatic rings. The van der Waals surface area contributed by atoms with E-state index in [1.165, 1.54) is 35.6 Å². The molecule has 0 aliphatic carbocycles. The van der Waals surface area contributed by atoms with Gasteiger partial charge in [-0.25, -0.2) is 4.39 Å². The highest BCUT2D eigenvalue weighted by Crippen LogP contribution is 2.14. The van der Waals surface area contributed by atoms with Gasteiger partial charge in [0.05, 0.1) is 11.4 Å². The summed E-state index contributed by atoms with van der Waals surface area (Å²) < 4.78 is 13.0. The number of carbonyl (C=O) groups excluding carboxylic acids is 3. The number of piperazine rings is 1. The number of carbonyl (C=O) groups is 3. The van der Waals surface area contributed by atoms with Gasteiger partial charge >= 0.3 is 0 Å². The largest absolute Gasteiger partial charge is 0.339 e. The smallest absolute Gasteiger partial charge is 0.262 e. The fourth-order valence-corrected chi connectivity index (χ4v) is 4.02. The van der Waals surface area contributed by atoms with Gasteiger partial charge in [0.25, 0.3) is 5.91 Å². The van der Waals surface area contributed by atoms with Gasteiger partial charge in [-0.15, -0.1) is 11.3 Å². The number of halogens is 1. The maximum atomic E-state index is 13.0. The highest BCUT2D eigenvalue weighted by Gasteiger charge is 2.31. The number of nitrogens with one attached hydrogen (secondary N) is 2. The van der Waals surface area contributed by atoms with Crippen LogP contribution in [0.2, 0.25) is 0 Å². The second-order valence-corrected chi connectivity index (χ2v) is 8.78. The molecule has 2 N–H and O–H groups in total. The summed E-state index contributed by atoms with van der Waals surface area (Å²) in [5.74, 6) is -0.927. The molecule has 1 aliphatic rings. The molecule has 0 bridgehead atoms. The molecule has 1 saturated heterocycles. The number of amides is 3. The first-order valence-corrected chi connectivity index (χ1v) is 11.1. The van der Waals surface area contributed by atoms with Crippen molar-refractivity contribution >= 4 is 34.7 Å². The molecule has 1 unspecified atom stereocenters. The Morgan fingerprint density at radius 2 is 1.74 bits per heavy atom. The van der Waals surface area contributed by atoms with Gasteiger partial charge in [0, 0.05) is 31.9 Å². The fourth-order valence-electron chi connectivity index (χ4n) is 3.39. The first kappa shape index (κ1) is 22.9. The zero-order chi connectivity index (χ0) is 22.4. The molecule has 3 rings (SSSR count). The Hall–Kier alpha value is -2.78. The SMILES string of the molecule is CC(C)C(NC(=O)c1cccs1)C(=O)N1CCN(CC(=O)Nc2ccc(F)cc2)CC1. The van der Waals surface area contributed by atoms with Crippen LogP contribution in [-0.4, -0.2) is 66.3 Å². The van der Waals surface area contributed by atoms with Crippen LogP contribution in [0.25, 0.3) is 0 Å². The third-order valence-corrected chi connectivity index (χ3v) is 6.01. The van der Waals surface area contributed by atoms with E-state index in [4.69, 9.17) is 0 Å². The maximum Gasteiger partial charge on any atom is 0.262 e. The summed E-state index contributed by atoms with van der Waals surface area (Å²) in [6.45, 7) is 6.11. The summed E-state index contributed by atoms with van der Waals surface area (Å²) in [6.07, 6.45) is 0. The highest BCUT2D eigenvalue weighted by atomic mass is 32.1. The van der Waals surface area contributed by atoms with Crippen LogP contribution in [0, 0.1) is 11.7 Å². The molecule has 9 heteroatoms. The Kier molecular flexibility index (Phi) is 7.75. The van der Waals surface area contributed by atoms with Crippen molar-refractivity contribution in [1.29, 1.82) is 0 Å². The summed E-state index contributed by atoms with van der Waals surface area (Å²) in [7, 11) is 0. The van der Waals surface area contributed by atoms with E-state index in [2.05, 4.69) is 10.6 Å². The van der Waals surface area contributed by atoms with Crippen molar-refractivity contribution < 1.29 is 18.8 Å². The van der Waals surface area contributed by atoms with E-state index in [0.717, 1.165) is 0 Å². The van der Waals surface area contributed by atoms with Crippen molar-refractivity contribution in [3.63, 3.8) is 0 Å². The first-order chi connectivity index (χ1) is 14.8. The van der Waals surface area contributed by atoms with E-state index in [-0.39, 0.29) is 36.0 Å². The van der Waals surface area contributed by atoms with Gasteiger partial charge in [0.1, 0.15) is 11.9 Å². The lowest BCUT2D eigenvalue weighted by Gasteiger charge is -2.37. The van der Waals surface area contributed by atoms with Crippen LogP contribution < -0.4 is 10.6 Å². The van der Waals surface area contributed by atoms with Crippen molar-refractivity contribution in [3.05, 3.63) is 52.5 Å². The quantitative estimate of drug-likeness (QED) is 0.685. The van der Waals surface area contributed by atoms with Crippen molar-refractivity contribution in [3.8, 4) is 0 Å². The van der Waals surface area contributed by atoms with E-state index in [0.29, 0.717) is 36.7 Å². The Bertz CT molecular complexity index is 894. The van der Waals surface area contributed by atoms with E-state index in [1.54, 1.807) is 17.0 Å². The van der Waals surface area contributed by atoms with Gasteiger partial charge in [-0.1, -0.05) is 19.9 Å². The molecule has 3 amide bonds. The van der Waals surface area contributed by atoms with Gasteiger partial charge in [-0.3, -0.25) is 19.3 Å². The third-order valence-electron chi connectivity index (χ3n) is 5.14. The van der Waals surface area contributed by atoms with Crippen LogP contribution >= 0.6 is 11.3 Å². The van der Waals surface area contributed by atoms with E-state index >= 15 is 0 Å². The van der Waals surface area contributed by atoms with Gasteiger partial charge < -0.3 is 15.5 Å². The lowest BCUT2D eigenvalue weighted by Crippen LogP contribution is -2.57. The predicted octanol–water partition coefficient (Wildman–Crippen LogP) is 2.42. The molecule has 1 aliphatic heterocycles. The zero-order valence-electron chi connectivity index (χ0n) is 17.6. The second kappa shape index (κ2) is 10.5. The van der Waals surface area contributed by atoms with Crippen molar-refractivity contribution in [2.24, 2.45) is 5.92 Å². The molecule has 31 heavy (non-hydrogen) atoms. The number of thiophene rings is 1. The van der Waals surface area contributed by atoms with E-state index in [1.807, 2.05) is 24.1 Å². The Morgan fingerprint density at radius 3 is 2.32 bits per heavy atom. The van der Waals surface area contributed by atoms with Crippen LogP contribution in [0.4, 0.5) is 10.1 Å². The van der Waals surface area contributed by atoms with E-state index < -0.39 is 6.04 Å². The molecule has 1 fully saturated rings. The minimum atomic E-state index is -0.595. The summed E-state index contributed by atoms with van der Waals surface area (Å²) in [6, 6.07) is 8.56. The van der Waals surface area contributed by atoms with Gasteiger partial charge in [-0.05, 0) is 41.6 Å². The average Bonchev–Trinajstić information content (AvgIpc) is 3.28. The van der Waals surface area contributed by atoms with Crippen LogP contribution in [0.5, 0.6) is 0 Å². The summed E-state index contributed by atoms with van der Waals surface area (Å²) in [5.41, 5.74) is 0.543. The molecule has 7 nitrogen and oxygen atoms in total. The van der Waals surface area contributed by atoms with Crippen LogP contribution in [0.15, 0.2) is 41.8 Å². The molecule has 1 aromatic carbocycles. The molecule has 1 aromatic heterocycles. The van der Waals surface area contributed by atoms with Gasteiger partial charge in [0.15, 0.2) is 0 Å². The highest BCUT2D eigenvalue weighted by molar-refractivity contribution is 7.12. The molecule has 166 valence electrons. The normalized spacial score (nSPS) is 15.5. The van der Waals surface area contributed by atoms with Crippen molar-refractivity contribution in [2.45, 2.75) is 19.9 Å². The summed E-state index contributed by atoms with van der Waals surface area (Å²) in [5, 5.41) is 7.44. The van der Waals surface area contributed by atoms with Gasteiger partial charge in [0.2, 0.25) is 11.8 Å². The number of benzene rings is 1. The Balaban J connectivity index is 1.49. The molecular weight excluding hydrogens is 419 g/mol. The predicted molar refractivity (Wildman–Crippen MR) is 118 cm³/mol. The lowest BCUT2D eigenvalue weighted by atomic mass is 10.0. The Morgan fingerprint density at radius 1 is 1.06 bits per heavy atom.